The predicted molar refractivity (Wildman–Crippen MR) is 78.7 cm³/mol. The number of aromatic hydroxyl groups is 1. The Morgan fingerprint density at radius 2 is 1.95 bits per heavy atom. The van der Waals surface area contributed by atoms with Crippen LogP contribution in [0.25, 0.3) is 10.9 Å². The third kappa shape index (κ3) is 2.31. The summed E-state index contributed by atoms with van der Waals surface area (Å²) >= 11 is 1.46. The largest absolute Gasteiger partial charge is 0.508 e. The summed E-state index contributed by atoms with van der Waals surface area (Å²) in [6, 6.07) is 16.9. The molecule has 0 bridgehead atoms. The van der Waals surface area contributed by atoms with Crippen LogP contribution < -0.4 is 0 Å². The number of rotatable bonds is 2. The number of nitriles is 1. The Kier molecular flexibility index (Phi) is 3.28. The lowest BCUT2D eigenvalue weighted by Crippen LogP contribution is -1.88. The van der Waals surface area contributed by atoms with Gasteiger partial charge in [0.1, 0.15) is 11.8 Å². The normalized spacial score (nSPS) is 10.3. The van der Waals surface area contributed by atoms with Crippen molar-refractivity contribution >= 4 is 22.7 Å². The molecule has 1 N–H and O–H groups in total. The molecule has 0 radical (unpaired) electrons. The maximum Gasteiger partial charge on any atom is 0.116 e. The summed E-state index contributed by atoms with van der Waals surface area (Å²) in [5.41, 5.74) is 1.39. The zero-order chi connectivity index (χ0) is 13.9. The maximum atomic E-state index is 9.54. The number of fused-ring (bicyclic) bond motifs is 1. The van der Waals surface area contributed by atoms with Crippen LogP contribution >= 0.6 is 11.8 Å². The van der Waals surface area contributed by atoms with E-state index in [0.29, 0.717) is 5.56 Å². The molecule has 0 atom stereocenters. The highest BCUT2D eigenvalue weighted by Gasteiger charge is 2.10. The van der Waals surface area contributed by atoms with Gasteiger partial charge >= 0.3 is 0 Å². The van der Waals surface area contributed by atoms with Crippen LogP contribution in [-0.2, 0) is 0 Å². The van der Waals surface area contributed by atoms with Gasteiger partial charge in [0, 0.05) is 21.4 Å². The number of pyridine rings is 1. The molecule has 4 heteroatoms. The molecule has 96 valence electrons. The van der Waals surface area contributed by atoms with E-state index in [1.807, 2.05) is 30.3 Å². The molecule has 0 aliphatic heterocycles. The Bertz CT molecular complexity index is 824. The van der Waals surface area contributed by atoms with E-state index < -0.39 is 0 Å². The molecule has 0 aliphatic rings. The Morgan fingerprint density at radius 3 is 2.75 bits per heavy atom. The van der Waals surface area contributed by atoms with E-state index in [1.54, 1.807) is 24.4 Å². The van der Waals surface area contributed by atoms with Crippen LogP contribution in [0, 0.1) is 11.3 Å². The molecule has 3 aromatic rings. The van der Waals surface area contributed by atoms with E-state index in [-0.39, 0.29) is 5.75 Å². The second-order valence-electron chi connectivity index (χ2n) is 4.23. The fourth-order valence-corrected chi connectivity index (χ4v) is 3.02. The van der Waals surface area contributed by atoms with Crippen molar-refractivity contribution in [3.8, 4) is 11.8 Å². The lowest BCUT2D eigenvalue weighted by molar-refractivity contribution is 0.474. The van der Waals surface area contributed by atoms with Crippen molar-refractivity contribution < 1.29 is 5.11 Å². The highest BCUT2D eigenvalue weighted by molar-refractivity contribution is 7.99. The number of phenolic OH excluding ortho intramolecular Hbond substituents is 1. The van der Waals surface area contributed by atoms with Crippen molar-refractivity contribution in [1.82, 2.24) is 4.98 Å². The molecular formula is C16H10N2OS. The first-order chi connectivity index (χ1) is 9.78. The summed E-state index contributed by atoms with van der Waals surface area (Å²) in [5.74, 6) is 0.215. The topological polar surface area (TPSA) is 56.9 Å². The number of nitrogens with zero attached hydrogens (tertiary/aromatic N) is 2. The standard InChI is InChI=1S/C16H10N2OS/c17-9-11-10-18-15-7-2-1-6-14(15)16(11)20-13-5-3-4-12(19)8-13/h1-8,10,19H. The van der Waals surface area contributed by atoms with Gasteiger partial charge in [-0.15, -0.1) is 0 Å². The summed E-state index contributed by atoms with van der Waals surface area (Å²) in [4.78, 5) is 6.04. The molecule has 0 aliphatic carbocycles. The van der Waals surface area contributed by atoms with Crippen molar-refractivity contribution in [1.29, 1.82) is 5.26 Å². The molecule has 3 nitrogen and oxygen atoms in total. The predicted octanol–water partition coefficient (Wildman–Crippen LogP) is 3.96. The fourth-order valence-electron chi connectivity index (χ4n) is 1.97. The Hall–Kier alpha value is -2.51. The van der Waals surface area contributed by atoms with Crippen LogP contribution in [0.3, 0.4) is 0 Å². The second kappa shape index (κ2) is 5.24. The van der Waals surface area contributed by atoms with Gasteiger partial charge < -0.3 is 5.11 Å². The summed E-state index contributed by atoms with van der Waals surface area (Å²) in [7, 11) is 0. The van der Waals surface area contributed by atoms with Gasteiger partial charge in [0.25, 0.3) is 0 Å². The highest BCUT2D eigenvalue weighted by atomic mass is 32.2. The molecule has 0 spiro atoms. The van der Waals surface area contributed by atoms with E-state index in [0.717, 1.165) is 20.7 Å². The molecule has 0 amide bonds. The van der Waals surface area contributed by atoms with E-state index >= 15 is 0 Å². The molecule has 0 fully saturated rings. The minimum absolute atomic E-state index is 0.215. The molecule has 2 aromatic carbocycles. The quantitative estimate of drug-likeness (QED) is 0.770. The number of aromatic nitrogens is 1. The lowest BCUT2D eigenvalue weighted by Gasteiger charge is -2.08. The molecule has 0 saturated heterocycles. The molecular weight excluding hydrogens is 268 g/mol. The zero-order valence-corrected chi connectivity index (χ0v) is 11.3. The molecule has 3 rings (SSSR count). The first-order valence-electron chi connectivity index (χ1n) is 6.02. The van der Waals surface area contributed by atoms with Crippen LogP contribution in [0.15, 0.2) is 64.5 Å². The van der Waals surface area contributed by atoms with E-state index in [9.17, 15) is 10.4 Å². The van der Waals surface area contributed by atoms with Gasteiger partial charge in [0.15, 0.2) is 0 Å². The lowest BCUT2D eigenvalue weighted by atomic mass is 10.2. The number of benzene rings is 2. The van der Waals surface area contributed by atoms with Gasteiger partial charge in [-0.1, -0.05) is 36.0 Å². The summed E-state index contributed by atoms with van der Waals surface area (Å²) in [5, 5.41) is 19.7. The smallest absolute Gasteiger partial charge is 0.116 e. The van der Waals surface area contributed by atoms with Gasteiger partial charge in [-0.25, -0.2) is 0 Å². The van der Waals surface area contributed by atoms with E-state index in [1.165, 1.54) is 11.8 Å². The van der Waals surface area contributed by atoms with Crippen molar-refractivity contribution in [3.63, 3.8) is 0 Å². The Balaban J connectivity index is 2.17. The van der Waals surface area contributed by atoms with Crippen molar-refractivity contribution in [3.05, 3.63) is 60.3 Å². The third-order valence-corrected chi connectivity index (χ3v) is 4.02. The highest BCUT2D eigenvalue weighted by Crippen LogP contribution is 2.36. The second-order valence-corrected chi connectivity index (χ2v) is 5.31. The van der Waals surface area contributed by atoms with Crippen LogP contribution in [0.4, 0.5) is 0 Å². The monoisotopic (exact) mass is 278 g/mol. The first kappa shape index (κ1) is 12.5. The van der Waals surface area contributed by atoms with Crippen LogP contribution in [0.1, 0.15) is 5.56 Å². The van der Waals surface area contributed by atoms with Gasteiger partial charge in [-0.05, 0) is 24.3 Å². The summed E-state index contributed by atoms with van der Waals surface area (Å²) in [6.45, 7) is 0. The number of para-hydroxylation sites is 1. The fraction of sp³-hybridized carbons (Fsp3) is 0. The zero-order valence-electron chi connectivity index (χ0n) is 10.4. The minimum Gasteiger partial charge on any atom is -0.508 e. The first-order valence-corrected chi connectivity index (χ1v) is 6.84. The van der Waals surface area contributed by atoms with Crippen molar-refractivity contribution in [2.75, 3.05) is 0 Å². The summed E-state index contributed by atoms with van der Waals surface area (Å²) < 4.78 is 0. The van der Waals surface area contributed by atoms with Crippen molar-refractivity contribution in [2.45, 2.75) is 9.79 Å². The minimum atomic E-state index is 0.215. The van der Waals surface area contributed by atoms with Gasteiger partial charge in [-0.2, -0.15) is 5.26 Å². The number of hydrogen-bond acceptors (Lipinski definition) is 4. The average Bonchev–Trinajstić information content (AvgIpc) is 2.48. The molecule has 0 unspecified atom stereocenters. The molecule has 1 heterocycles. The Morgan fingerprint density at radius 1 is 1.10 bits per heavy atom. The third-order valence-electron chi connectivity index (χ3n) is 2.88. The van der Waals surface area contributed by atoms with Crippen LogP contribution in [-0.4, -0.2) is 10.1 Å². The number of hydrogen-bond donors (Lipinski definition) is 1. The average molecular weight is 278 g/mol. The molecule has 1 aromatic heterocycles. The van der Waals surface area contributed by atoms with Crippen molar-refractivity contribution in [2.24, 2.45) is 0 Å². The molecule has 0 saturated carbocycles. The van der Waals surface area contributed by atoms with E-state index in [4.69, 9.17) is 0 Å². The van der Waals surface area contributed by atoms with E-state index in [2.05, 4.69) is 11.1 Å². The maximum absolute atomic E-state index is 9.54. The van der Waals surface area contributed by atoms with Gasteiger partial charge in [-0.3, -0.25) is 4.98 Å². The SMILES string of the molecule is N#Cc1cnc2ccccc2c1Sc1cccc(O)c1. The Labute approximate surface area is 120 Å². The van der Waals surface area contributed by atoms with Crippen LogP contribution in [0.5, 0.6) is 5.75 Å². The van der Waals surface area contributed by atoms with Gasteiger partial charge in [0.2, 0.25) is 0 Å². The van der Waals surface area contributed by atoms with Crippen LogP contribution in [0.2, 0.25) is 0 Å². The van der Waals surface area contributed by atoms with Gasteiger partial charge in [0.05, 0.1) is 11.1 Å². The summed E-state index contributed by atoms with van der Waals surface area (Å²) in [6.07, 6.45) is 1.59. The molecule has 20 heavy (non-hydrogen) atoms. The number of phenols is 1.